The summed E-state index contributed by atoms with van der Waals surface area (Å²) in [6.45, 7) is 5.29. The Balaban J connectivity index is 1.29. The fraction of sp³-hybridized carbons (Fsp3) is 0.550. The number of piperidine rings is 1. The Kier molecular flexibility index (Phi) is 6.25. The maximum Gasteiger partial charge on any atom is 0.275 e. The van der Waals surface area contributed by atoms with E-state index in [0.29, 0.717) is 19.0 Å². The lowest BCUT2D eigenvalue weighted by Crippen LogP contribution is -3.14. The van der Waals surface area contributed by atoms with Crippen molar-refractivity contribution in [2.24, 2.45) is 7.05 Å². The van der Waals surface area contributed by atoms with E-state index in [1.807, 2.05) is 25.2 Å². The van der Waals surface area contributed by atoms with Gasteiger partial charge in [-0.25, -0.2) is 0 Å². The summed E-state index contributed by atoms with van der Waals surface area (Å²) in [5, 5.41) is 12.8. The number of carbonyl (C=O) groups is 1. The molecule has 2 aliphatic rings. The van der Waals surface area contributed by atoms with Gasteiger partial charge in [0.15, 0.2) is 23.2 Å². The number of nitrogens with one attached hydrogen (secondary N) is 2. The van der Waals surface area contributed by atoms with Gasteiger partial charge in [0.2, 0.25) is 6.79 Å². The number of carbonyl (C=O) groups excluding carboxylic acids is 1. The molecule has 29 heavy (non-hydrogen) atoms. The molecule has 2 N–H and O–H groups in total. The maximum absolute atomic E-state index is 12.5. The summed E-state index contributed by atoms with van der Waals surface area (Å²) < 4.78 is 12.8. The highest BCUT2D eigenvalue weighted by Crippen LogP contribution is 2.32. The van der Waals surface area contributed by atoms with Crippen LogP contribution in [0.1, 0.15) is 37.1 Å². The minimum Gasteiger partial charge on any atom is -0.454 e. The molecule has 2 aliphatic heterocycles. The van der Waals surface area contributed by atoms with Gasteiger partial charge in [0.1, 0.15) is 5.82 Å². The average Bonchev–Trinajstić information content (AvgIpc) is 3.33. The number of aromatic nitrogens is 3. The molecular formula is C20H28N5O3S+. The van der Waals surface area contributed by atoms with E-state index in [1.54, 1.807) is 11.8 Å². The van der Waals surface area contributed by atoms with Gasteiger partial charge in [-0.3, -0.25) is 4.79 Å². The number of benzene rings is 1. The van der Waals surface area contributed by atoms with Crippen molar-refractivity contribution in [2.45, 2.75) is 37.4 Å². The molecule has 0 spiro atoms. The van der Waals surface area contributed by atoms with Gasteiger partial charge in [0, 0.05) is 13.6 Å². The minimum absolute atomic E-state index is 0.0681. The fourth-order valence-electron chi connectivity index (χ4n) is 4.01. The summed E-state index contributed by atoms with van der Waals surface area (Å²) in [7, 11) is 2.04. The Bertz CT molecular complexity index is 872. The highest BCUT2D eigenvalue weighted by Gasteiger charge is 2.29. The zero-order valence-corrected chi connectivity index (χ0v) is 17.8. The SMILES string of the molecule is CCSc1nnc([C@H]2CCC[NH+](CC(=O)NCc3ccc4c(c3)OCO4)C2)n1C. The molecule has 2 atom stereocenters. The summed E-state index contributed by atoms with van der Waals surface area (Å²) in [6, 6.07) is 5.76. The first kappa shape index (κ1) is 20.0. The second-order valence-electron chi connectivity index (χ2n) is 7.52. The van der Waals surface area contributed by atoms with Gasteiger partial charge in [0.05, 0.1) is 19.0 Å². The molecule has 2 aromatic rings. The normalized spacial score (nSPS) is 20.6. The highest BCUT2D eigenvalue weighted by molar-refractivity contribution is 7.99. The molecule has 1 saturated heterocycles. The molecule has 3 heterocycles. The van der Waals surface area contributed by atoms with Gasteiger partial charge in [-0.15, -0.1) is 10.2 Å². The molecule has 1 fully saturated rings. The molecule has 156 valence electrons. The Hall–Kier alpha value is -2.26. The predicted octanol–water partition coefficient (Wildman–Crippen LogP) is 0.735. The number of ether oxygens (including phenoxy) is 2. The van der Waals surface area contributed by atoms with Gasteiger partial charge >= 0.3 is 0 Å². The van der Waals surface area contributed by atoms with Crippen LogP contribution in [0.5, 0.6) is 11.5 Å². The van der Waals surface area contributed by atoms with Gasteiger partial charge < -0.3 is 24.3 Å². The average molecular weight is 419 g/mol. The van der Waals surface area contributed by atoms with Gasteiger partial charge in [-0.2, -0.15) is 0 Å². The van der Waals surface area contributed by atoms with E-state index in [-0.39, 0.29) is 12.7 Å². The van der Waals surface area contributed by atoms with Crippen LogP contribution < -0.4 is 19.7 Å². The van der Waals surface area contributed by atoms with Crippen LogP contribution in [0.25, 0.3) is 0 Å². The standard InChI is InChI=1S/C20H27N5O3S/c1-3-29-20-23-22-19(24(20)2)15-5-4-8-25(11-15)12-18(26)21-10-14-6-7-16-17(9-14)28-13-27-16/h6-7,9,15H,3-5,8,10-13H2,1-2H3,(H,21,26)/p+1/t15-/m0/s1. The minimum atomic E-state index is 0.0681. The number of amides is 1. The lowest BCUT2D eigenvalue weighted by atomic mass is 9.97. The number of nitrogens with zero attached hydrogens (tertiary/aromatic N) is 3. The second kappa shape index (κ2) is 9.04. The molecule has 1 aromatic carbocycles. The first-order valence-electron chi connectivity index (χ1n) is 10.1. The van der Waals surface area contributed by atoms with Crippen LogP contribution >= 0.6 is 11.8 Å². The first-order valence-corrected chi connectivity index (χ1v) is 11.1. The third kappa shape index (κ3) is 4.67. The van der Waals surface area contributed by atoms with E-state index >= 15 is 0 Å². The van der Waals surface area contributed by atoms with Crippen LogP contribution in [0, 0.1) is 0 Å². The lowest BCUT2D eigenvalue weighted by Gasteiger charge is -2.28. The predicted molar refractivity (Wildman–Crippen MR) is 109 cm³/mol. The third-order valence-corrected chi connectivity index (χ3v) is 6.36. The molecule has 0 bridgehead atoms. The van der Waals surface area contributed by atoms with Crippen LogP contribution in [0.4, 0.5) is 0 Å². The monoisotopic (exact) mass is 418 g/mol. The molecule has 1 unspecified atom stereocenters. The van der Waals surface area contributed by atoms with Crippen molar-refractivity contribution in [3.05, 3.63) is 29.6 Å². The number of thioether (sulfide) groups is 1. The van der Waals surface area contributed by atoms with Crippen molar-refractivity contribution in [1.29, 1.82) is 0 Å². The topological polar surface area (TPSA) is 82.7 Å². The van der Waals surface area contributed by atoms with Crippen molar-refractivity contribution in [3.63, 3.8) is 0 Å². The van der Waals surface area contributed by atoms with Crippen LogP contribution in [0.2, 0.25) is 0 Å². The van der Waals surface area contributed by atoms with Crippen molar-refractivity contribution >= 4 is 17.7 Å². The molecule has 0 radical (unpaired) electrons. The Morgan fingerprint density at radius 1 is 1.34 bits per heavy atom. The molecule has 0 saturated carbocycles. The van der Waals surface area contributed by atoms with Gasteiger partial charge in [-0.05, 0) is 36.3 Å². The summed E-state index contributed by atoms with van der Waals surface area (Å²) in [5.74, 6) is 3.94. The molecule has 0 aliphatic carbocycles. The molecule has 1 aromatic heterocycles. The van der Waals surface area contributed by atoms with Crippen molar-refractivity contribution in [2.75, 3.05) is 32.2 Å². The Labute approximate surface area is 175 Å². The summed E-state index contributed by atoms with van der Waals surface area (Å²) in [5.41, 5.74) is 1.01. The number of rotatable bonds is 7. The largest absolute Gasteiger partial charge is 0.454 e. The number of hydrogen-bond acceptors (Lipinski definition) is 6. The fourth-order valence-corrected chi connectivity index (χ4v) is 4.65. The molecule has 9 heteroatoms. The quantitative estimate of drug-likeness (QED) is 0.646. The molecule has 4 rings (SSSR count). The van der Waals surface area contributed by atoms with Gasteiger partial charge in [-0.1, -0.05) is 24.8 Å². The molecular weight excluding hydrogens is 390 g/mol. The number of quaternary nitrogens is 1. The van der Waals surface area contributed by atoms with Crippen molar-refractivity contribution in [1.82, 2.24) is 20.1 Å². The Morgan fingerprint density at radius 3 is 3.07 bits per heavy atom. The lowest BCUT2D eigenvalue weighted by molar-refractivity contribution is -0.898. The third-order valence-electron chi connectivity index (χ3n) is 5.46. The zero-order valence-electron chi connectivity index (χ0n) is 16.9. The van der Waals surface area contributed by atoms with Crippen molar-refractivity contribution in [3.8, 4) is 11.5 Å². The first-order chi connectivity index (χ1) is 14.1. The van der Waals surface area contributed by atoms with Gasteiger partial charge in [0.25, 0.3) is 5.91 Å². The van der Waals surface area contributed by atoms with Crippen LogP contribution in [-0.2, 0) is 18.4 Å². The molecule has 8 nitrogen and oxygen atoms in total. The summed E-state index contributed by atoms with van der Waals surface area (Å²) >= 11 is 1.71. The number of likely N-dealkylation sites (tertiary alicyclic amines) is 1. The smallest absolute Gasteiger partial charge is 0.275 e. The van der Waals surface area contributed by atoms with E-state index < -0.39 is 0 Å². The summed E-state index contributed by atoms with van der Waals surface area (Å²) in [4.78, 5) is 13.8. The van der Waals surface area contributed by atoms with E-state index in [2.05, 4.69) is 27.0 Å². The second-order valence-corrected chi connectivity index (χ2v) is 8.75. The molecule has 1 amide bonds. The number of fused-ring (bicyclic) bond motifs is 1. The number of hydrogen-bond donors (Lipinski definition) is 2. The van der Waals surface area contributed by atoms with E-state index in [0.717, 1.165) is 59.7 Å². The summed E-state index contributed by atoms with van der Waals surface area (Å²) in [6.07, 6.45) is 2.20. The Morgan fingerprint density at radius 2 is 2.21 bits per heavy atom. The highest BCUT2D eigenvalue weighted by atomic mass is 32.2. The van der Waals surface area contributed by atoms with E-state index in [9.17, 15) is 4.79 Å². The van der Waals surface area contributed by atoms with Crippen molar-refractivity contribution < 1.29 is 19.2 Å². The maximum atomic E-state index is 12.5. The zero-order chi connectivity index (χ0) is 20.2. The van der Waals surface area contributed by atoms with Crippen LogP contribution in [-0.4, -0.2) is 52.9 Å². The van der Waals surface area contributed by atoms with Crippen LogP contribution in [0.15, 0.2) is 23.4 Å². The van der Waals surface area contributed by atoms with E-state index in [1.165, 1.54) is 4.90 Å². The van der Waals surface area contributed by atoms with E-state index in [4.69, 9.17) is 9.47 Å². The van der Waals surface area contributed by atoms with Crippen LogP contribution in [0.3, 0.4) is 0 Å².